The summed E-state index contributed by atoms with van der Waals surface area (Å²) in [5.74, 6) is 0. The summed E-state index contributed by atoms with van der Waals surface area (Å²) >= 11 is 0. The van der Waals surface area contributed by atoms with Crippen molar-refractivity contribution in [1.82, 2.24) is 10.6 Å². The fourth-order valence-electron chi connectivity index (χ4n) is 1.85. The lowest BCUT2D eigenvalue weighted by molar-refractivity contribution is -0.0459. The maximum Gasteiger partial charge on any atom is 0.318 e. The van der Waals surface area contributed by atoms with Crippen LogP contribution in [0, 0.1) is 0 Å². The van der Waals surface area contributed by atoms with Crippen LogP contribution in [0.2, 0.25) is 0 Å². The Hall–Kier alpha value is -1.59. The van der Waals surface area contributed by atoms with Gasteiger partial charge in [-0.2, -0.15) is 0 Å². The lowest BCUT2D eigenvalue weighted by Crippen LogP contribution is -2.67. The van der Waals surface area contributed by atoms with E-state index in [1.54, 1.807) is 19.1 Å². The number of carbonyl (C=O) groups is 1. The number of hydrogen-bond acceptors (Lipinski definition) is 3. The van der Waals surface area contributed by atoms with Crippen molar-refractivity contribution in [3.8, 4) is 0 Å². The molecule has 5 nitrogen and oxygen atoms in total. The molecule has 2 unspecified atom stereocenters. The zero-order valence-electron chi connectivity index (χ0n) is 8.84. The van der Waals surface area contributed by atoms with Gasteiger partial charge >= 0.3 is 6.03 Å². The molecule has 2 atom stereocenters. The van der Waals surface area contributed by atoms with Crippen LogP contribution >= 0.6 is 0 Å². The fraction of sp³-hybridized carbons (Fsp3) is 0.364. The predicted molar refractivity (Wildman–Crippen MR) is 57.5 cm³/mol. The molecule has 16 heavy (non-hydrogen) atoms. The van der Waals surface area contributed by atoms with Gasteiger partial charge in [0.2, 0.25) is 0 Å². The second kappa shape index (κ2) is 3.77. The van der Waals surface area contributed by atoms with Gasteiger partial charge in [0.25, 0.3) is 0 Å². The SMILES string of the molecule is CC1(c2ccccc2)C(O)NC(=O)NC1O. The standard InChI is InChI=1S/C11H14N2O3/c1-11(7-5-3-2-4-6-7)8(14)12-10(16)13-9(11)15/h2-6,8-9,14-15H,1H3,(H2,12,13,16). The van der Waals surface area contributed by atoms with E-state index in [1.165, 1.54) is 0 Å². The molecule has 1 heterocycles. The number of nitrogens with one attached hydrogen (secondary N) is 2. The summed E-state index contributed by atoms with van der Waals surface area (Å²) in [6, 6.07) is 8.50. The molecule has 2 rings (SSSR count). The third-order valence-electron chi connectivity index (χ3n) is 3.07. The number of hydrogen-bond donors (Lipinski definition) is 4. The summed E-state index contributed by atoms with van der Waals surface area (Å²) in [5.41, 5.74) is -0.211. The highest BCUT2D eigenvalue weighted by Crippen LogP contribution is 2.31. The molecule has 2 amide bonds. The van der Waals surface area contributed by atoms with Gasteiger partial charge in [-0.15, -0.1) is 0 Å². The molecular formula is C11H14N2O3. The molecule has 0 aromatic heterocycles. The van der Waals surface area contributed by atoms with Crippen molar-refractivity contribution in [2.24, 2.45) is 0 Å². The molecule has 1 aliphatic rings. The van der Waals surface area contributed by atoms with E-state index < -0.39 is 23.9 Å². The van der Waals surface area contributed by atoms with E-state index in [9.17, 15) is 15.0 Å². The number of benzene rings is 1. The predicted octanol–water partition coefficient (Wildman–Crippen LogP) is -0.106. The first-order valence-electron chi connectivity index (χ1n) is 5.04. The molecular weight excluding hydrogens is 208 g/mol. The van der Waals surface area contributed by atoms with Crippen LogP contribution in [0.15, 0.2) is 30.3 Å². The molecule has 4 N–H and O–H groups in total. The van der Waals surface area contributed by atoms with Crippen molar-refractivity contribution in [2.45, 2.75) is 24.8 Å². The van der Waals surface area contributed by atoms with Crippen molar-refractivity contribution in [1.29, 1.82) is 0 Å². The topological polar surface area (TPSA) is 81.6 Å². The Balaban J connectivity index is 2.40. The first-order chi connectivity index (χ1) is 7.55. The van der Waals surface area contributed by atoms with Crippen LogP contribution in [0.3, 0.4) is 0 Å². The van der Waals surface area contributed by atoms with Crippen molar-refractivity contribution in [3.63, 3.8) is 0 Å². The van der Waals surface area contributed by atoms with Gasteiger partial charge < -0.3 is 20.8 Å². The van der Waals surface area contributed by atoms with E-state index in [0.29, 0.717) is 0 Å². The van der Waals surface area contributed by atoms with Crippen LogP contribution < -0.4 is 10.6 Å². The Morgan fingerprint density at radius 1 is 1.12 bits per heavy atom. The number of urea groups is 1. The Morgan fingerprint density at radius 3 is 2.12 bits per heavy atom. The van der Waals surface area contributed by atoms with Crippen LogP contribution in [-0.2, 0) is 5.41 Å². The van der Waals surface area contributed by atoms with E-state index >= 15 is 0 Å². The summed E-state index contributed by atoms with van der Waals surface area (Å²) in [6.45, 7) is 1.68. The zero-order valence-corrected chi connectivity index (χ0v) is 8.84. The highest BCUT2D eigenvalue weighted by Gasteiger charge is 2.46. The largest absolute Gasteiger partial charge is 0.373 e. The highest BCUT2D eigenvalue weighted by atomic mass is 16.3. The molecule has 1 aromatic carbocycles. The van der Waals surface area contributed by atoms with Crippen LogP contribution in [-0.4, -0.2) is 28.7 Å². The Labute approximate surface area is 93.1 Å². The van der Waals surface area contributed by atoms with Crippen LogP contribution in [0.1, 0.15) is 12.5 Å². The molecule has 1 fully saturated rings. The molecule has 1 aliphatic heterocycles. The molecule has 86 valence electrons. The molecule has 0 aliphatic carbocycles. The van der Waals surface area contributed by atoms with Gasteiger partial charge in [0.15, 0.2) is 0 Å². The number of carbonyl (C=O) groups excluding carboxylic acids is 1. The van der Waals surface area contributed by atoms with Gasteiger partial charge in [0.1, 0.15) is 12.5 Å². The Kier molecular flexibility index (Phi) is 2.57. The van der Waals surface area contributed by atoms with Crippen molar-refractivity contribution in [2.75, 3.05) is 0 Å². The monoisotopic (exact) mass is 222 g/mol. The maximum absolute atomic E-state index is 11.1. The third-order valence-corrected chi connectivity index (χ3v) is 3.07. The van der Waals surface area contributed by atoms with Gasteiger partial charge in [-0.25, -0.2) is 4.79 Å². The third kappa shape index (κ3) is 1.54. The van der Waals surface area contributed by atoms with Gasteiger partial charge in [-0.3, -0.25) is 0 Å². The van der Waals surface area contributed by atoms with E-state index in [4.69, 9.17) is 0 Å². The second-order valence-electron chi connectivity index (χ2n) is 4.07. The summed E-state index contributed by atoms with van der Waals surface area (Å²) in [7, 11) is 0. The smallest absolute Gasteiger partial charge is 0.318 e. The number of aliphatic hydroxyl groups is 2. The van der Waals surface area contributed by atoms with E-state index in [2.05, 4.69) is 10.6 Å². The number of aliphatic hydroxyl groups excluding tert-OH is 2. The van der Waals surface area contributed by atoms with Crippen molar-refractivity contribution >= 4 is 6.03 Å². The Morgan fingerprint density at radius 2 is 1.62 bits per heavy atom. The lowest BCUT2D eigenvalue weighted by atomic mass is 9.78. The van der Waals surface area contributed by atoms with E-state index in [1.807, 2.05) is 18.2 Å². The van der Waals surface area contributed by atoms with E-state index in [-0.39, 0.29) is 0 Å². The minimum absolute atomic E-state index is 0.576. The van der Waals surface area contributed by atoms with Gasteiger partial charge in [0, 0.05) is 0 Å². The molecule has 5 heteroatoms. The van der Waals surface area contributed by atoms with Crippen LogP contribution in [0.4, 0.5) is 4.79 Å². The van der Waals surface area contributed by atoms with Crippen molar-refractivity contribution < 1.29 is 15.0 Å². The zero-order chi connectivity index (χ0) is 11.8. The van der Waals surface area contributed by atoms with Gasteiger partial charge in [-0.1, -0.05) is 30.3 Å². The molecule has 1 aromatic rings. The number of amides is 2. The Bertz CT molecular complexity index is 379. The first kappa shape index (κ1) is 10.9. The lowest BCUT2D eigenvalue weighted by Gasteiger charge is -2.43. The number of rotatable bonds is 1. The average Bonchev–Trinajstić information content (AvgIpc) is 2.27. The molecule has 0 spiro atoms. The van der Waals surface area contributed by atoms with Crippen molar-refractivity contribution in [3.05, 3.63) is 35.9 Å². The maximum atomic E-state index is 11.1. The fourth-order valence-corrected chi connectivity index (χ4v) is 1.85. The van der Waals surface area contributed by atoms with E-state index in [0.717, 1.165) is 5.56 Å². The van der Waals surface area contributed by atoms with Crippen LogP contribution in [0.25, 0.3) is 0 Å². The normalized spacial score (nSPS) is 34.1. The summed E-state index contributed by atoms with van der Waals surface area (Å²) in [4.78, 5) is 11.1. The molecule has 0 bridgehead atoms. The minimum atomic E-state index is -1.13. The second-order valence-corrected chi connectivity index (χ2v) is 4.07. The summed E-state index contributed by atoms with van der Waals surface area (Å²) < 4.78 is 0. The minimum Gasteiger partial charge on any atom is -0.373 e. The van der Waals surface area contributed by atoms with Crippen LogP contribution in [0.5, 0.6) is 0 Å². The van der Waals surface area contributed by atoms with Gasteiger partial charge in [0.05, 0.1) is 5.41 Å². The highest BCUT2D eigenvalue weighted by molar-refractivity contribution is 5.76. The summed E-state index contributed by atoms with van der Waals surface area (Å²) in [5, 5.41) is 24.5. The summed E-state index contributed by atoms with van der Waals surface area (Å²) in [6.07, 6.45) is -2.25. The average molecular weight is 222 g/mol. The molecule has 0 radical (unpaired) electrons. The quantitative estimate of drug-likeness (QED) is 0.535. The first-order valence-corrected chi connectivity index (χ1v) is 5.04. The van der Waals surface area contributed by atoms with Gasteiger partial charge in [-0.05, 0) is 12.5 Å². The molecule has 1 saturated heterocycles. The molecule has 0 saturated carbocycles.